The average molecular weight is 176 g/mol. The maximum atomic E-state index is 5.48. The van der Waals surface area contributed by atoms with Gasteiger partial charge in [-0.25, -0.2) is 0 Å². The van der Waals surface area contributed by atoms with E-state index in [0.717, 1.165) is 13.2 Å². The van der Waals surface area contributed by atoms with Crippen LogP contribution in [0, 0.1) is 0 Å². The van der Waals surface area contributed by atoms with Gasteiger partial charge in [0.05, 0.1) is 12.0 Å². The third kappa shape index (κ3) is 0.798. The topological polar surface area (TPSA) is 21.8 Å². The van der Waals surface area contributed by atoms with Crippen LogP contribution < -0.4 is 0 Å². The van der Waals surface area contributed by atoms with Crippen molar-refractivity contribution in [3.63, 3.8) is 0 Å². The molecule has 3 rings (SSSR count). The lowest BCUT2D eigenvalue weighted by atomic mass is 9.74. The van der Waals surface area contributed by atoms with Crippen LogP contribution in [0.5, 0.6) is 0 Å². The molecule has 2 aliphatic rings. The molecule has 1 spiro atoms. The van der Waals surface area contributed by atoms with Crippen LogP contribution in [0.15, 0.2) is 30.3 Å². The molecule has 0 radical (unpaired) electrons. The van der Waals surface area contributed by atoms with Gasteiger partial charge in [-0.3, -0.25) is 0 Å². The Kier molecular flexibility index (Phi) is 1.24. The van der Waals surface area contributed by atoms with Crippen LogP contribution in [0.3, 0.4) is 0 Å². The molecule has 0 aromatic heterocycles. The van der Waals surface area contributed by atoms with Gasteiger partial charge in [0.1, 0.15) is 6.61 Å². The van der Waals surface area contributed by atoms with Crippen molar-refractivity contribution in [1.29, 1.82) is 0 Å². The molecule has 2 aliphatic heterocycles. The predicted octanol–water partition coefficient (Wildman–Crippen LogP) is 1.70. The number of hydrogen-bond acceptors (Lipinski definition) is 2. The van der Waals surface area contributed by atoms with Crippen molar-refractivity contribution in [2.45, 2.75) is 18.1 Å². The van der Waals surface area contributed by atoms with E-state index in [-0.39, 0.29) is 11.2 Å². The van der Waals surface area contributed by atoms with Gasteiger partial charge < -0.3 is 9.47 Å². The summed E-state index contributed by atoms with van der Waals surface area (Å²) >= 11 is 0. The summed E-state index contributed by atoms with van der Waals surface area (Å²) in [6, 6.07) is 10.5. The van der Waals surface area contributed by atoms with Crippen LogP contribution in [0.25, 0.3) is 0 Å². The SMILES string of the molecule is CC1(c2ccccc2)COC12CO2. The Bertz CT molecular complexity index is 329. The maximum Gasteiger partial charge on any atom is 0.204 e. The first-order valence-electron chi connectivity index (χ1n) is 4.60. The Labute approximate surface area is 77.5 Å². The number of benzene rings is 1. The summed E-state index contributed by atoms with van der Waals surface area (Å²) in [4.78, 5) is 0. The molecule has 1 aromatic carbocycles. The zero-order valence-electron chi connectivity index (χ0n) is 7.62. The highest BCUT2D eigenvalue weighted by Gasteiger charge is 2.68. The van der Waals surface area contributed by atoms with Gasteiger partial charge in [-0.1, -0.05) is 30.3 Å². The Morgan fingerprint density at radius 2 is 1.77 bits per heavy atom. The first-order valence-corrected chi connectivity index (χ1v) is 4.60. The van der Waals surface area contributed by atoms with Gasteiger partial charge >= 0.3 is 0 Å². The number of hydrogen-bond donors (Lipinski definition) is 0. The average Bonchev–Trinajstić information content (AvgIpc) is 2.98. The summed E-state index contributed by atoms with van der Waals surface area (Å²) in [6.45, 7) is 3.73. The zero-order valence-corrected chi connectivity index (χ0v) is 7.62. The molecule has 0 aliphatic carbocycles. The fraction of sp³-hybridized carbons (Fsp3) is 0.455. The molecule has 2 unspecified atom stereocenters. The van der Waals surface area contributed by atoms with Crippen LogP contribution in [0.4, 0.5) is 0 Å². The van der Waals surface area contributed by atoms with E-state index < -0.39 is 0 Å². The summed E-state index contributed by atoms with van der Waals surface area (Å²) in [5.41, 5.74) is 1.40. The van der Waals surface area contributed by atoms with E-state index in [2.05, 4.69) is 31.2 Å². The zero-order chi connectivity index (χ0) is 8.94. The van der Waals surface area contributed by atoms with Gasteiger partial charge in [-0.2, -0.15) is 0 Å². The Morgan fingerprint density at radius 3 is 2.23 bits per heavy atom. The molecule has 13 heavy (non-hydrogen) atoms. The molecule has 2 nitrogen and oxygen atoms in total. The third-order valence-electron chi connectivity index (χ3n) is 3.25. The highest BCUT2D eigenvalue weighted by atomic mass is 16.8. The minimum atomic E-state index is -0.269. The molecule has 2 heterocycles. The summed E-state index contributed by atoms with van der Waals surface area (Å²) in [5, 5.41) is 0. The standard InChI is InChI=1S/C11H12O2/c1-10(7-12-11(10)8-13-11)9-5-3-2-4-6-9/h2-6H,7-8H2,1H3. The molecule has 68 valence electrons. The van der Waals surface area contributed by atoms with E-state index in [9.17, 15) is 0 Å². The maximum absolute atomic E-state index is 5.48. The first-order chi connectivity index (χ1) is 6.27. The molecule has 0 bridgehead atoms. The van der Waals surface area contributed by atoms with Crippen molar-refractivity contribution < 1.29 is 9.47 Å². The Hall–Kier alpha value is -0.860. The van der Waals surface area contributed by atoms with Gasteiger partial charge in [-0.15, -0.1) is 0 Å². The minimum Gasteiger partial charge on any atom is -0.346 e. The Morgan fingerprint density at radius 1 is 1.08 bits per heavy atom. The lowest BCUT2D eigenvalue weighted by Gasteiger charge is -2.45. The summed E-state index contributed by atoms with van der Waals surface area (Å²) in [5.74, 6) is -0.269. The van der Waals surface area contributed by atoms with Crippen LogP contribution in [-0.4, -0.2) is 19.0 Å². The minimum absolute atomic E-state index is 0.0776. The molecule has 0 amide bonds. The summed E-state index contributed by atoms with van der Waals surface area (Å²) in [6.07, 6.45) is 0. The highest BCUT2D eigenvalue weighted by Crippen LogP contribution is 2.55. The molecule has 2 heteroatoms. The van der Waals surface area contributed by atoms with E-state index in [1.807, 2.05) is 6.07 Å². The Balaban J connectivity index is 2.01. The molecule has 2 saturated heterocycles. The van der Waals surface area contributed by atoms with Gasteiger partial charge in [0.25, 0.3) is 0 Å². The van der Waals surface area contributed by atoms with E-state index in [1.54, 1.807) is 0 Å². The lowest BCUT2D eigenvalue weighted by molar-refractivity contribution is -0.209. The predicted molar refractivity (Wildman–Crippen MR) is 48.4 cm³/mol. The number of epoxide rings is 1. The van der Waals surface area contributed by atoms with E-state index in [0.29, 0.717) is 0 Å². The quantitative estimate of drug-likeness (QED) is 0.607. The van der Waals surface area contributed by atoms with E-state index >= 15 is 0 Å². The molecule has 0 saturated carbocycles. The fourth-order valence-electron chi connectivity index (χ4n) is 2.03. The number of ether oxygens (including phenoxy) is 2. The monoisotopic (exact) mass is 176 g/mol. The van der Waals surface area contributed by atoms with Crippen LogP contribution >= 0.6 is 0 Å². The smallest absolute Gasteiger partial charge is 0.204 e. The number of rotatable bonds is 1. The second-order valence-corrected chi connectivity index (χ2v) is 4.03. The van der Waals surface area contributed by atoms with Crippen LogP contribution in [0.2, 0.25) is 0 Å². The van der Waals surface area contributed by atoms with Gasteiger partial charge in [0, 0.05) is 0 Å². The molecular weight excluding hydrogens is 164 g/mol. The van der Waals surface area contributed by atoms with Crippen molar-refractivity contribution in [2.75, 3.05) is 13.2 Å². The van der Waals surface area contributed by atoms with E-state index in [4.69, 9.17) is 9.47 Å². The summed E-state index contributed by atoms with van der Waals surface area (Å²) in [7, 11) is 0. The second-order valence-electron chi connectivity index (χ2n) is 4.03. The molecule has 1 aromatic rings. The van der Waals surface area contributed by atoms with Crippen molar-refractivity contribution >= 4 is 0 Å². The second kappa shape index (κ2) is 2.14. The lowest BCUT2D eigenvalue weighted by Crippen LogP contribution is -2.56. The fourth-order valence-corrected chi connectivity index (χ4v) is 2.03. The van der Waals surface area contributed by atoms with Crippen molar-refractivity contribution in [3.05, 3.63) is 35.9 Å². The highest BCUT2D eigenvalue weighted by molar-refractivity contribution is 5.33. The molecule has 0 N–H and O–H groups in total. The van der Waals surface area contributed by atoms with Gasteiger partial charge in [-0.05, 0) is 12.5 Å². The van der Waals surface area contributed by atoms with E-state index in [1.165, 1.54) is 5.56 Å². The molecule has 2 fully saturated rings. The van der Waals surface area contributed by atoms with Crippen molar-refractivity contribution in [1.82, 2.24) is 0 Å². The van der Waals surface area contributed by atoms with Crippen LogP contribution in [-0.2, 0) is 14.9 Å². The van der Waals surface area contributed by atoms with Gasteiger partial charge in [0.2, 0.25) is 5.79 Å². The largest absolute Gasteiger partial charge is 0.346 e. The first kappa shape index (κ1) is 7.54. The molecule has 2 atom stereocenters. The summed E-state index contributed by atoms with van der Waals surface area (Å²) < 4.78 is 10.9. The van der Waals surface area contributed by atoms with Gasteiger partial charge in [0.15, 0.2) is 0 Å². The third-order valence-corrected chi connectivity index (χ3v) is 3.25. The normalized spacial score (nSPS) is 41.6. The van der Waals surface area contributed by atoms with Crippen molar-refractivity contribution in [2.24, 2.45) is 0 Å². The van der Waals surface area contributed by atoms with Crippen LogP contribution in [0.1, 0.15) is 12.5 Å². The van der Waals surface area contributed by atoms with Crippen molar-refractivity contribution in [3.8, 4) is 0 Å². The molecular formula is C11H12O2.